The van der Waals surface area contributed by atoms with Crippen molar-refractivity contribution in [1.29, 1.82) is 0 Å². The zero-order valence-electron chi connectivity index (χ0n) is 14.1. The summed E-state index contributed by atoms with van der Waals surface area (Å²) in [6.45, 7) is 3.74. The van der Waals surface area contributed by atoms with Crippen LogP contribution < -0.4 is 14.8 Å². The molecule has 0 saturated carbocycles. The molecule has 1 N–H and O–H groups in total. The molecule has 0 atom stereocenters. The highest BCUT2D eigenvalue weighted by Crippen LogP contribution is 2.24. The minimum absolute atomic E-state index is 0.149. The van der Waals surface area contributed by atoms with Crippen molar-refractivity contribution >= 4 is 11.7 Å². The zero-order chi connectivity index (χ0) is 17.5. The Morgan fingerprint density at radius 2 is 1.79 bits per heavy atom. The van der Waals surface area contributed by atoms with Crippen LogP contribution in [0.5, 0.6) is 11.5 Å². The summed E-state index contributed by atoms with van der Waals surface area (Å²) in [5.74, 6) is 0.537. The van der Waals surface area contributed by atoms with Crippen molar-refractivity contribution < 1.29 is 19.1 Å². The van der Waals surface area contributed by atoms with Crippen molar-refractivity contribution in [2.24, 2.45) is 0 Å². The van der Waals surface area contributed by atoms with Crippen molar-refractivity contribution in [3.63, 3.8) is 0 Å². The molecule has 0 heterocycles. The van der Waals surface area contributed by atoms with Gasteiger partial charge in [-0.1, -0.05) is 29.8 Å². The number of carbonyl (C=O) groups is 2. The lowest BCUT2D eigenvalue weighted by atomic mass is 10.1. The van der Waals surface area contributed by atoms with Crippen molar-refractivity contribution in [2.45, 2.75) is 20.4 Å². The molecule has 0 saturated heterocycles. The second-order valence-corrected chi connectivity index (χ2v) is 5.47. The third-order valence-electron chi connectivity index (χ3n) is 3.54. The van der Waals surface area contributed by atoms with Crippen LogP contribution in [-0.4, -0.2) is 25.4 Å². The number of methoxy groups -OCH3 is 1. The molecule has 0 spiro atoms. The average Bonchev–Trinajstić information content (AvgIpc) is 2.59. The number of rotatable bonds is 7. The van der Waals surface area contributed by atoms with Crippen LogP contribution in [0.1, 0.15) is 28.4 Å². The molecule has 0 aromatic heterocycles. The van der Waals surface area contributed by atoms with Gasteiger partial charge in [0, 0.05) is 6.54 Å². The molecule has 5 heteroatoms. The molecule has 126 valence electrons. The molecule has 2 aromatic rings. The average molecular weight is 327 g/mol. The summed E-state index contributed by atoms with van der Waals surface area (Å²) in [6.07, 6.45) is 0. The van der Waals surface area contributed by atoms with E-state index in [1.54, 1.807) is 18.2 Å². The fraction of sp³-hybridized carbons (Fsp3) is 0.263. The summed E-state index contributed by atoms with van der Waals surface area (Å²) in [5, 5.41) is 2.79. The molecular weight excluding hydrogens is 306 g/mol. The van der Waals surface area contributed by atoms with E-state index < -0.39 is 0 Å². The van der Waals surface area contributed by atoms with E-state index in [2.05, 4.69) is 5.32 Å². The summed E-state index contributed by atoms with van der Waals surface area (Å²) in [6, 6.07) is 12.8. The van der Waals surface area contributed by atoms with Crippen LogP contribution in [0.3, 0.4) is 0 Å². The summed E-state index contributed by atoms with van der Waals surface area (Å²) < 4.78 is 10.6. The second kappa shape index (κ2) is 8.15. The number of nitrogens with one attached hydrogen (secondary N) is 1. The van der Waals surface area contributed by atoms with Crippen molar-refractivity contribution in [3.05, 3.63) is 59.2 Å². The van der Waals surface area contributed by atoms with Crippen molar-refractivity contribution in [2.75, 3.05) is 13.7 Å². The lowest BCUT2D eigenvalue weighted by Crippen LogP contribution is -2.28. The number of ketones is 1. The first-order valence-electron chi connectivity index (χ1n) is 7.63. The molecule has 2 aromatic carbocycles. The Hall–Kier alpha value is -2.82. The van der Waals surface area contributed by atoms with Gasteiger partial charge in [-0.2, -0.15) is 0 Å². The van der Waals surface area contributed by atoms with E-state index in [1.165, 1.54) is 19.6 Å². The van der Waals surface area contributed by atoms with Gasteiger partial charge in [-0.25, -0.2) is 0 Å². The predicted molar refractivity (Wildman–Crippen MR) is 91.5 cm³/mol. The molecule has 5 nitrogen and oxygen atoms in total. The Bertz CT molecular complexity index is 723. The van der Waals surface area contributed by atoms with E-state index in [4.69, 9.17) is 9.47 Å². The molecule has 0 aliphatic heterocycles. The number of amides is 1. The van der Waals surface area contributed by atoms with E-state index in [0.717, 1.165) is 5.56 Å². The number of hydrogen-bond donors (Lipinski definition) is 1. The maximum atomic E-state index is 11.9. The van der Waals surface area contributed by atoms with Crippen molar-refractivity contribution in [3.8, 4) is 11.5 Å². The van der Waals surface area contributed by atoms with Gasteiger partial charge >= 0.3 is 0 Å². The van der Waals surface area contributed by atoms with E-state index in [9.17, 15) is 9.59 Å². The number of carbonyl (C=O) groups excluding carboxylic acids is 2. The van der Waals surface area contributed by atoms with E-state index in [-0.39, 0.29) is 18.3 Å². The fourth-order valence-corrected chi connectivity index (χ4v) is 2.14. The van der Waals surface area contributed by atoms with Gasteiger partial charge in [0.1, 0.15) is 11.5 Å². The monoisotopic (exact) mass is 327 g/mol. The highest BCUT2D eigenvalue weighted by molar-refractivity contribution is 5.97. The van der Waals surface area contributed by atoms with Gasteiger partial charge in [-0.05, 0) is 37.6 Å². The molecule has 0 aliphatic carbocycles. The number of hydrogen-bond acceptors (Lipinski definition) is 4. The highest BCUT2D eigenvalue weighted by Gasteiger charge is 2.12. The van der Waals surface area contributed by atoms with Gasteiger partial charge in [0.05, 0.1) is 12.7 Å². The Morgan fingerprint density at radius 1 is 1.08 bits per heavy atom. The molecule has 0 bridgehead atoms. The lowest BCUT2D eigenvalue weighted by Gasteiger charge is -2.11. The van der Waals surface area contributed by atoms with Gasteiger partial charge in [0.25, 0.3) is 5.91 Å². The van der Waals surface area contributed by atoms with Crippen LogP contribution in [0.15, 0.2) is 42.5 Å². The second-order valence-electron chi connectivity index (χ2n) is 5.47. The van der Waals surface area contributed by atoms with Gasteiger partial charge in [-0.15, -0.1) is 0 Å². The van der Waals surface area contributed by atoms with Gasteiger partial charge in [0.15, 0.2) is 12.4 Å². The van der Waals surface area contributed by atoms with Crippen LogP contribution in [0.2, 0.25) is 0 Å². The molecular formula is C19H21NO4. The molecule has 1 amide bonds. The topological polar surface area (TPSA) is 64.6 Å². The SMILES string of the molecule is COc1ccc(OCC(=O)NCc2ccc(C)cc2)c(C(C)=O)c1. The Balaban J connectivity index is 1.91. The number of ether oxygens (including phenoxy) is 2. The first-order chi connectivity index (χ1) is 11.5. The van der Waals surface area contributed by atoms with E-state index in [0.29, 0.717) is 23.6 Å². The number of Topliss-reactive ketones (excluding diaryl/α,β-unsaturated/α-hetero) is 1. The molecule has 0 radical (unpaired) electrons. The fourth-order valence-electron chi connectivity index (χ4n) is 2.14. The van der Waals surface area contributed by atoms with E-state index >= 15 is 0 Å². The zero-order valence-corrected chi connectivity index (χ0v) is 14.1. The molecule has 0 fully saturated rings. The first kappa shape index (κ1) is 17.5. The first-order valence-corrected chi connectivity index (χ1v) is 7.63. The largest absolute Gasteiger partial charge is 0.497 e. The lowest BCUT2D eigenvalue weighted by molar-refractivity contribution is -0.123. The van der Waals surface area contributed by atoms with Crippen LogP contribution in [0.25, 0.3) is 0 Å². The smallest absolute Gasteiger partial charge is 0.258 e. The normalized spacial score (nSPS) is 10.1. The van der Waals surface area contributed by atoms with Gasteiger partial charge in [-0.3, -0.25) is 9.59 Å². The van der Waals surface area contributed by atoms with Gasteiger partial charge in [0.2, 0.25) is 0 Å². The third kappa shape index (κ3) is 4.84. The highest BCUT2D eigenvalue weighted by atomic mass is 16.5. The van der Waals surface area contributed by atoms with E-state index in [1.807, 2.05) is 31.2 Å². The number of aryl methyl sites for hydroxylation is 1. The Morgan fingerprint density at radius 3 is 2.42 bits per heavy atom. The van der Waals surface area contributed by atoms with Crippen LogP contribution in [0, 0.1) is 6.92 Å². The summed E-state index contributed by atoms with van der Waals surface area (Å²) in [4.78, 5) is 23.6. The maximum Gasteiger partial charge on any atom is 0.258 e. The molecule has 0 aliphatic rings. The summed E-state index contributed by atoms with van der Waals surface area (Å²) >= 11 is 0. The van der Waals surface area contributed by atoms with Gasteiger partial charge < -0.3 is 14.8 Å². The minimum Gasteiger partial charge on any atom is -0.497 e. The quantitative estimate of drug-likeness (QED) is 0.794. The molecule has 0 unspecified atom stereocenters. The van der Waals surface area contributed by atoms with Crippen LogP contribution in [-0.2, 0) is 11.3 Å². The van der Waals surface area contributed by atoms with Crippen LogP contribution >= 0.6 is 0 Å². The Labute approximate surface area is 141 Å². The van der Waals surface area contributed by atoms with Crippen molar-refractivity contribution in [1.82, 2.24) is 5.32 Å². The van der Waals surface area contributed by atoms with Crippen LogP contribution in [0.4, 0.5) is 0 Å². The third-order valence-corrected chi connectivity index (χ3v) is 3.54. The maximum absolute atomic E-state index is 11.9. The number of benzene rings is 2. The predicted octanol–water partition coefficient (Wildman–Crippen LogP) is 2.90. The Kier molecular flexibility index (Phi) is 5.95. The summed E-state index contributed by atoms with van der Waals surface area (Å²) in [7, 11) is 1.53. The molecule has 2 rings (SSSR count). The summed E-state index contributed by atoms with van der Waals surface area (Å²) in [5.41, 5.74) is 2.58. The molecule has 24 heavy (non-hydrogen) atoms. The standard InChI is InChI=1S/C19H21NO4/c1-13-4-6-15(7-5-13)11-20-19(22)12-24-18-9-8-16(23-3)10-17(18)14(2)21/h4-10H,11-12H2,1-3H3,(H,20,22). The minimum atomic E-state index is -0.249.